The molecular weight excluding hydrogens is 535 g/mol. The van der Waals surface area contributed by atoms with Crippen LogP contribution in [0, 0.1) is 0 Å². The number of hydrogen-bond donors (Lipinski definition) is 3. The zero-order valence-electron chi connectivity index (χ0n) is 19.5. The van der Waals surface area contributed by atoms with Gasteiger partial charge in [-0.05, 0) is 67.6 Å². The number of methoxy groups -OCH3 is 1. The van der Waals surface area contributed by atoms with E-state index in [-0.39, 0.29) is 32.5 Å². The van der Waals surface area contributed by atoms with Gasteiger partial charge in [0.1, 0.15) is 5.75 Å². The van der Waals surface area contributed by atoms with Gasteiger partial charge < -0.3 is 10.1 Å². The first-order valence-corrected chi connectivity index (χ1v) is 13.5. The molecule has 1 amide bonds. The van der Waals surface area contributed by atoms with Crippen LogP contribution < -0.4 is 19.5 Å². The third-order valence-electron chi connectivity index (χ3n) is 4.92. The van der Waals surface area contributed by atoms with E-state index in [9.17, 15) is 34.8 Å². The summed E-state index contributed by atoms with van der Waals surface area (Å²) in [5.74, 6) is -0.355. The molecule has 0 atom stereocenters. The molecule has 0 bridgehead atoms. The van der Waals surface area contributed by atoms with E-state index in [1.807, 2.05) is 0 Å². The summed E-state index contributed by atoms with van der Waals surface area (Å²) in [7, 11) is -7.12. The number of hydrogen-bond acceptors (Lipinski definition) is 6. The first-order chi connectivity index (χ1) is 17.3. The second-order valence-electron chi connectivity index (χ2n) is 7.54. The average molecular weight is 558 g/mol. The van der Waals surface area contributed by atoms with Crippen LogP contribution in [0.1, 0.15) is 22.8 Å². The summed E-state index contributed by atoms with van der Waals surface area (Å²) in [6.07, 6.45) is -4.65. The molecule has 14 heteroatoms. The number of carbonyl (C=O) groups excluding carboxylic acids is 1. The zero-order valence-corrected chi connectivity index (χ0v) is 21.1. The van der Waals surface area contributed by atoms with Crippen LogP contribution >= 0.6 is 0 Å². The predicted molar refractivity (Wildman–Crippen MR) is 131 cm³/mol. The molecule has 0 spiro atoms. The molecule has 0 aromatic heterocycles. The minimum absolute atomic E-state index is 0.00777. The number of halogens is 3. The SMILES string of the molecule is CCNC(=O)c1cc(S(=O)(=O)Nc2ccc(S(=O)(=O)Nc3cccc(C(F)(F)F)c3)cc2)ccc1OC. The summed E-state index contributed by atoms with van der Waals surface area (Å²) < 4.78 is 99.1. The number of benzene rings is 3. The minimum Gasteiger partial charge on any atom is -0.496 e. The lowest BCUT2D eigenvalue weighted by Crippen LogP contribution is -2.24. The van der Waals surface area contributed by atoms with Crippen molar-refractivity contribution in [2.24, 2.45) is 0 Å². The Morgan fingerprint density at radius 3 is 2.03 bits per heavy atom. The number of nitrogens with one attached hydrogen (secondary N) is 3. The Morgan fingerprint density at radius 2 is 1.43 bits per heavy atom. The van der Waals surface area contributed by atoms with E-state index in [0.29, 0.717) is 12.6 Å². The van der Waals surface area contributed by atoms with Gasteiger partial charge in [-0.25, -0.2) is 16.8 Å². The summed E-state index contributed by atoms with van der Waals surface area (Å²) in [5, 5.41) is 2.56. The highest BCUT2D eigenvalue weighted by molar-refractivity contribution is 7.93. The van der Waals surface area contributed by atoms with Crippen LogP contribution in [-0.2, 0) is 26.2 Å². The molecule has 0 aliphatic heterocycles. The lowest BCUT2D eigenvalue weighted by Gasteiger charge is -2.13. The number of alkyl halides is 3. The predicted octanol–water partition coefficient (Wildman–Crippen LogP) is 4.07. The highest BCUT2D eigenvalue weighted by Crippen LogP contribution is 2.31. The van der Waals surface area contributed by atoms with E-state index in [0.717, 1.165) is 30.3 Å². The number of amides is 1. The first kappa shape index (κ1) is 27.8. The van der Waals surface area contributed by atoms with Gasteiger partial charge in [-0.2, -0.15) is 13.2 Å². The summed E-state index contributed by atoms with van der Waals surface area (Å²) in [4.78, 5) is 11.7. The monoisotopic (exact) mass is 557 g/mol. The van der Waals surface area contributed by atoms with E-state index >= 15 is 0 Å². The summed E-state index contributed by atoms with van der Waals surface area (Å²) in [6, 6.07) is 11.9. The van der Waals surface area contributed by atoms with Gasteiger partial charge in [-0.3, -0.25) is 14.2 Å². The molecule has 0 saturated heterocycles. The number of ether oxygens (including phenoxy) is 1. The van der Waals surface area contributed by atoms with Crippen molar-refractivity contribution >= 4 is 37.3 Å². The molecule has 0 unspecified atom stereocenters. The third kappa shape index (κ3) is 6.71. The van der Waals surface area contributed by atoms with Gasteiger partial charge in [-0.1, -0.05) is 6.07 Å². The van der Waals surface area contributed by atoms with Crippen LogP contribution in [0.3, 0.4) is 0 Å². The van der Waals surface area contributed by atoms with Crippen molar-refractivity contribution in [2.45, 2.75) is 22.9 Å². The third-order valence-corrected chi connectivity index (χ3v) is 7.70. The number of rotatable bonds is 9. The van der Waals surface area contributed by atoms with E-state index in [4.69, 9.17) is 4.74 Å². The molecule has 3 aromatic carbocycles. The molecule has 9 nitrogen and oxygen atoms in total. The lowest BCUT2D eigenvalue weighted by atomic mass is 10.2. The summed E-state index contributed by atoms with van der Waals surface area (Å²) >= 11 is 0. The largest absolute Gasteiger partial charge is 0.496 e. The molecule has 37 heavy (non-hydrogen) atoms. The van der Waals surface area contributed by atoms with E-state index < -0.39 is 37.7 Å². The van der Waals surface area contributed by atoms with Crippen molar-refractivity contribution in [1.29, 1.82) is 0 Å². The lowest BCUT2D eigenvalue weighted by molar-refractivity contribution is -0.137. The Balaban J connectivity index is 1.81. The molecule has 3 N–H and O–H groups in total. The minimum atomic E-state index is -4.65. The van der Waals surface area contributed by atoms with Crippen LogP contribution in [0.25, 0.3) is 0 Å². The molecule has 0 heterocycles. The smallest absolute Gasteiger partial charge is 0.416 e. The average Bonchev–Trinajstić information content (AvgIpc) is 2.83. The molecule has 0 aliphatic carbocycles. The van der Waals surface area contributed by atoms with Gasteiger partial charge in [0.15, 0.2) is 0 Å². The summed E-state index contributed by atoms with van der Waals surface area (Å²) in [5.41, 5.74) is -1.30. The Kier molecular flexibility index (Phi) is 8.03. The van der Waals surface area contributed by atoms with Crippen LogP contribution in [0.15, 0.2) is 76.5 Å². The van der Waals surface area contributed by atoms with Crippen LogP contribution in [0.5, 0.6) is 5.75 Å². The van der Waals surface area contributed by atoms with E-state index in [1.165, 1.54) is 37.4 Å². The van der Waals surface area contributed by atoms with Gasteiger partial charge in [0.2, 0.25) is 0 Å². The number of anilines is 2. The molecule has 3 rings (SSSR count). The van der Waals surface area contributed by atoms with E-state index in [2.05, 4.69) is 14.8 Å². The zero-order chi connectivity index (χ0) is 27.4. The molecular formula is C23H22F3N3O6S2. The highest BCUT2D eigenvalue weighted by atomic mass is 32.2. The van der Waals surface area contributed by atoms with Gasteiger partial charge in [-0.15, -0.1) is 0 Å². The Morgan fingerprint density at radius 1 is 0.838 bits per heavy atom. The maximum atomic E-state index is 12.9. The van der Waals surface area contributed by atoms with Gasteiger partial charge in [0, 0.05) is 17.9 Å². The normalized spacial score (nSPS) is 12.0. The van der Waals surface area contributed by atoms with Gasteiger partial charge >= 0.3 is 6.18 Å². The maximum absolute atomic E-state index is 12.9. The fourth-order valence-corrected chi connectivity index (χ4v) is 5.31. The molecule has 198 valence electrons. The van der Waals surface area contributed by atoms with Crippen LogP contribution in [-0.4, -0.2) is 36.4 Å². The van der Waals surface area contributed by atoms with Gasteiger partial charge in [0.05, 0.1) is 28.0 Å². The highest BCUT2D eigenvalue weighted by Gasteiger charge is 2.30. The second-order valence-corrected chi connectivity index (χ2v) is 10.9. The van der Waals surface area contributed by atoms with Crippen molar-refractivity contribution in [1.82, 2.24) is 5.32 Å². The standard InChI is InChI=1S/C23H22F3N3O6S2/c1-3-27-22(30)20-14-19(11-12-21(20)35-2)37(33,34)28-16-7-9-18(10-8-16)36(31,32)29-17-6-4-5-15(13-17)23(24,25)26/h4-14,28-29H,3H2,1-2H3,(H,27,30). The summed E-state index contributed by atoms with van der Waals surface area (Å²) in [6.45, 7) is 2.01. The molecule has 3 aromatic rings. The molecule has 0 fully saturated rings. The van der Waals surface area contributed by atoms with E-state index in [1.54, 1.807) is 6.92 Å². The van der Waals surface area contributed by atoms with Crippen molar-refractivity contribution < 1.29 is 39.5 Å². The van der Waals surface area contributed by atoms with Crippen molar-refractivity contribution in [2.75, 3.05) is 23.1 Å². The van der Waals surface area contributed by atoms with Crippen molar-refractivity contribution in [3.05, 3.63) is 77.9 Å². The molecule has 0 aliphatic rings. The maximum Gasteiger partial charge on any atom is 0.416 e. The molecule has 0 radical (unpaired) electrons. The van der Waals surface area contributed by atoms with Crippen LogP contribution in [0.2, 0.25) is 0 Å². The Labute approximate surface area is 211 Å². The van der Waals surface area contributed by atoms with Crippen molar-refractivity contribution in [3.8, 4) is 5.75 Å². The molecule has 0 saturated carbocycles. The Bertz CT molecular complexity index is 1510. The second kappa shape index (κ2) is 10.7. The number of carbonyl (C=O) groups is 1. The van der Waals surface area contributed by atoms with Gasteiger partial charge in [0.25, 0.3) is 26.0 Å². The first-order valence-electron chi connectivity index (χ1n) is 10.6. The topological polar surface area (TPSA) is 131 Å². The van der Waals surface area contributed by atoms with Crippen molar-refractivity contribution in [3.63, 3.8) is 0 Å². The fourth-order valence-electron chi connectivity index (χ4n) is 3.18. The number of sulfonamides is 2. The van der Waals surface area contributed by atoms with Crippen LogP contribution in [0.4, 0.5) is 24.5 Å². The quantitative estimate of drug-likeness (QED) is 0.364. The Hall–Kier alpha value is -3.78. The fraction of sp³-hybridized carbons (Fsp3) is 0.174.